The summed E-state index contributed by atoms with van der Waals surface area (Å²) in [6, 6.07) is 0. The van der Waals surface area contributed by atoms with Crippen LogP contribution in [0, 0.1) is 5.92 Å². The Balaban J connectivity index is 2.03. The molecule has 0 aromatic heterocycles. The van der Waals surface area contributed by atoms with Crippen molar-refractivity contribution in [2.24, 2.45) is 5.92 Å². The van der Waals surface area contributed by atoms with Crippen molar-refractivity contribution in [1.82, 2.24) is 15.5 Å². The van der Waals surface area contributed by atoms with E-state index in [-0.39, 0.29) is 5.91 Å². The molecule has 6 nitrogen and oxygen atoms in total. The molecule has 1 heterocycles. The third kappa shape index (κ3) is 9.03. The number of hydrogen-bond acceptors (Lipinski definition) is 5. The van der Waals surface area contributed by atoms with Gasteiger partial charge in [0.15, 0.2) is 0 Å². The maximum atomic E-state index is 11.8. The number of rotatable bonds is 11. The number of nitrogens with zero attached hydrogens (tertiary/aromatic N) is 1. The summed E-state index contributed by atoms with van der Waals surface area (Å²) in [5.41, 5.74) is 0. The first-order valence-electron chi connectivity index (χ1n) is 7.94. The molecule has 0 spiro atoms. The van der Waals surface area contributed by atoms with Crippen LogP contribution < -0.4 is 10.6 Å². The summed E-state index contributed by atoms with van der Waals surface area (Å²) >= 11 is 0. The van der Waals surface area contributed by atoms with Gasteiger partial charge >= 0.3 is 0 Å². The minimum absolute atomic E-state index is 0.128. The summed E-state index contributed by atoms with van der Waals surface area (Å²) in [5, 5.41) is 6.35. The van der Waals surface area contributed by atoms with Crippen LogP contribution in [0.3, 0.4) is 0 Å². The molecule has 21 heavy (non-hydrogen) atoms. The van der Waals surface area contributed by atoms with Crippen molar-refractivity contribution < 1.29 is 14.3 Å². The molecule has 0 aromatic rings. The van der Waals surface area contributed by atoms with E-state index in [1.807, 2.05) is 0 Å². The molecule has 1 aliphatic rings. The lowest BCUT2D eigenvalue weighted by Crippen LogP contribution is -2.43. The predicted octanol–water partition coefficient (Wildman–Crippen LogP) is 0.0871. The van der Waals surface area contributed by atoms with Gasteiger partial charge in [0, 0.05) is 33.9 Å². The second-order valence-electron chi connectivity index (χ2n) is 5.61. The summed E-state index contributed by atoms with van der Waals surface area (Å²) in [6.45, 7) is 6.69. The van der Waals surface area contributed by atoms with Gasteiger partial charge in [-0.1, -0.05) is 0 Å². The zero-order chi connectivity index (χ0) is 15.3. The maximum Gasteiger partial charge on any atom is 0.234 e. The zero-order valence-electron chi connectivity index (χ0n) is 13.5. The first-order valence-corrected chi connectivity index (χ1v) is 7.94. The largest absolute Gasteiger partial charge is 0.385 e. The van der Waals surface area contributed by atoms with Crippen LogP contribution in [0.2, 0.25) is 0 Å². The lowest BCUT2D eigenvalue weighted by Gasteiger charge is -2.31. The van der Waals surface area contributed by atoms with Crippen molar-refractivity contribution in [3.63, 3.8) is 0 Å². The van der Waals surface area contributed by atoms with E-state index < -0.39 is 0 Å². The number of methoxy groups -OCH3 is 2. The number of ether oxygens (including phenoxy) is 2. The molecule has 0 saturated carbocycles. The molecule has 1 fully saturated rings. The SMILES string of the molecule is COCCCNC(=O)CN1CCC(CNCCOC)CC1. The lowest BCUT2D eigenvalue weighted by atomic mass is 9.97. The van der Waals surface area contributed by atoms with Gasteiger partial charge in [0.1, 0.15) is 0 Å². The molecular weight excluding hydrogens is 270 g/mol. The molecular formula is C15H31N3O3. The van der Waals surface area contributed by atoms with Gasteiger partial charge in [-0.2, -0.15) is 0 Å². The van der Waals surface area contributed by atoms with Crippen molar-refractivity contribution in [2.45, 2.75) is 19.3 Å². The molecule has 6 heteroatoms. The van der Waals surface area contributed by atoms with Crippen LogP contribution in [0.15, 0.2) is 0 Å². The fourth-order valence-corrected chi connectivity index (χ4v) is 2.53. The summed E-state index contributed by atoms with van der Waals surface area (Å²) in [4.78, 5) is 14.0. The second kappa shape index (κ2) is 11.9. The molecule has 124 valence electrons. The minimum atomic E-state index is 0.128. The summed E-state index contributed by atoms with van der Waals surface area (Å²) in [7, 11) is 3.40. The Bertz CT molecular complexity index is 269. The van der Waals surface area contributed by atoms with Crippen LogP contribution >= 0.6 is 0 Å². The van der Waals surface area contributed by atoms with E-state index in [0.717, 1.165) is 58.0 Å². The maximum absolute atomic E-state index is 11.8. The number of hydrogen-bond donors (Lipinski definition) is 2. The van der Waals surface area contributed by atoms with Crippen molar-refractivity contribution in [1.29, 1.82) is 0 Å². The Labute approximate surface area is 128 Å². The fourth-order valence-electron chi connectivity index (χ4n) is 2.53. The molecule has 0 radical (unpaired) electrons. The third-order valence-electron chi connectivity index (χ3n) is 3.84. The first kappa shape index (κ1) is 18.4. The Hall–Kier alpha value is -0.690. The standard InChI is InChI=1S/C15H31N3O3/c1-20-10-3-6-17-15(19)13-18-8-4-14(5-9-18)12-16-7-11-21-2/h14,16H,3-13H2,1-2H3,(H,17,19). The lowest BCUT2D eigenvalue weighted by molar-refractivity contribution is -0.122. The van der Waals surface area contributed by atoms with Gasteiger partial charge in [-0.25, -0.2) is 0 Å². The highest BCUT2D eigenvalue weighted by molar-refractivity contribution is 5.77. The fraction of sp³-hybridized carbons (Fsp3) is 0.933. The van der Waals surface area contributed by atoms with Crippen LogP contribution in [-0.2, 0) is 14.3 Å². The van der Waals surface area contributed by atoms with Crippen LogP contribution in [0.4, 0.5) is 0 Å². The van der Waals surface area contributed by atoms with Gasteiger partial charge in [-0.3, -0.25) is 9.69 Å². The minimum Gasteiger partial charge on any atom is -0.385 e. The third-order valence-corrected chi connectivity index (χ3v) is 3.84. The van der Waals surface area contributed by atoms with E-state index in [9.17, 15) is 4.79 Å². The van der Waals surface area contributed by atoms with Crippen LogP contribution in [-0.4, -0.2) is 77.5 Å². The zero-order valence-corrected chi connectivity index (χ0v) is 13.5. The average Bonchev–Trinajstić information content (AvgIpc) is 2.50. The van der Waals surface area contributed by atoms with Crippen LogP contribution in [0.5, 0.6) is 0 Å². The van der Waals surface area contributed by atoms with Gasteiger partial charge < -0.3 is 20.1 Å². The summed E-state index contributed by atoms with van der Waals surface area (Å²) in [5.74, 6) is 0.852. The summed E-state index contributed by atoms with van der Waals surface area (Å²) in [6.07, 6.45) is 3.20. The molecule has 0 unspecified atom stereocenters. The molecule has 0 aromatic carbocycles. The van der Waals surface area contributed by atoms with E-state index in [2.05, 4.69) is 15.5 Å². The second-order valence-corrected chi connectivity index (χ2v) is 5.61. The number of piperidine rings is 1. The molecule has 2 N–H and O–H groups in total. The monoisotopic (exact) mass is 301 g/mol. The quantitative estimate of drug-likeness (QED) is 0.530. The Kier molecular flexibility index (Phi) is 10.4. The molecule has 1 amide bonds. The number of carbonyl (C=O) groups is 1. The van der Waals surface area contributed by atoms with Crippen LogP contribution in [0.25, 0.3) is 0 Å². The van der Waals surface area contributed by atoms with Gasteiger partial charge in [-0.05, 0) is 44.8 Å². The van der Waals surface area contributed by atoms with Crippen LogP contribution in [0.1, 0.15) is 19.3 Å². The van der Waals surface area contributed by atoms with Gasteiger partial charge in [-0.15, -0.1) is 0 Å². The Morgan fingerprint density at radius 3 is 2.52 bits per heavy atom. The highest BCUT2D eigenvalue weighted by atomic mass is 16.5. The average molecular weight is 301 g/mol. The molecule has 1 rings (SSSR count). The Morgan fingerprint density at radius 2 is 1.86 bits per heavy atom. The smallest absolute Gasteiger partial charge is 0.234 e. The van der Waals surface area contributed by atoms with E-state index in [0.29, 0.717) is 19.7 Å². The normalized spacial score (nSPS) is 17.0. The van der Waals surface area contributed by atoms with Crippen molar-refractivity contribution in [3.05, 3.63) is 0 Å². The van der Waals surface area contributed by atoms with Crippen molar-refractivity contribution in [2.75, 3.05) is 66.7 Å². The molecule has 1 saturated heterocycles. The number of nitrogens with one attached hydrogen (secondary N) is 2. The molecule has 1 aliphatic heterocycles. The van der Waals surface area contributed by atoms with Crippen molar-refractivity contribution in [3.8, 4) is 0 Å². The molecule has 0 aliphatic carbocycles. The predicted molar refractivity (Wildman–Crippen MR) is 83.4 cm³/mol. The Morgan fingerprint density at radius 1 is 1.14 bits per heavy atom. The van der Waals surface area contributed by atoms with Gasteiger partial charge in [0.25, 0.3) is 0 Å². The number of likely N-dealkylation sites (tertiary alicyclic amines) is 1. The summed E-state index contributed by atoms with van der Waals surface area (Å²) < 4.78 is 9.97. The van der Waals surface area contributed by atoms with Gasteiger partial charge in [0.05, 0.1) is 13.2 Å². The van der Waals surface area contributed by atoms with E-state index in [4.69, 9.17) is 9.47 Å². The van der Waals surface area contributed by atoms with Crippen molar-refractivity contribution >= 4 is 5.91 Å². The molecule has 0 atom stereocenters. The first-order chi connectivity index (χ1) is 10.3. The highest BCUT2D eigenvalue weighted by Gasteiger charge is 2.20. The van der Waals surface area contributed by atoms with E-state index >= 15 is 0 Å². The number of amides is 1. The number of carbonyl (C=O) groups excluding carboxylic acids is 1. The molecule has 0 bridgehead atoms. The van der Waals surface area contributed by atoms with Gasteiger partial charge in [0.2, 0.25) is 5.91 Å². The highest BCUT2D eigenvalue weighted by Crippen LogP contribution is 2.15. The van der Waals surface area contributed by atoms with E-state index in [1.165, 1.54) is 0 Å². The topological polar surface area (TPSA) is 62.8 Å². The van der Waals surface area contributed by atoms with E-state index in [1.54, 1.807) is 14.2 Å².